The van der Waals surface area contributed by atoms with Crippen LogP contribution in [0.15, 0.2) is 72.0 Å². The first-order chi connectivity index (χ1) is 18.2. The molecular formula is C27H31N4O4PS. The van der Waals surface area contributed by atoms with Crippen molar-refractivity contribution in [2.24, 2.45) is 0 Å². The molecule has 5 atom stereocenters. The van der Waals surface area contributed by atoms with Gasteiger partial charge < -0.3 is 18.9 Å². The fraction of sp³-hybridized carbons (Fsp3) is 0.370. The van der Waals surface area contributed by atoms with E-state index in [0.29, 0.717) is 43.1 Å². The van der Waals surface area contributed by atoms with Crippen molar-refractivity contribution in [2.75, 3.05) is 19.5 Å². The van der Waals surface area contributed by atoms with Gasteiger partial charge in [-0.1, -0.05) is 72.4 Å². The fourth-order valence-electron chi connectivity index (χ4n) is 4.40. The quantitative estimate of drug-likeness (QED) is 0.200. The van der Waals surface area contributed by atoms with E-state index in [1.165, 1.54) is 11.8 Å². The summed E-state index contributed by atoms with van der Waals surface area (Å²) in [5, 5.41) is 5.29. The van der Waals surface area contributed by atoms with Gasteiger partial charge in [0, 0.05) is 5.66 Å². The van der Waals surface area contributed by atoms with Crippen LogP contribution in [0.4, 0.5) is 0 Å². The van der Waals surface area contributed by atoms with Crippen LogP contribution in [0, 0.1) is 0 Å². The molecule has 0 aliphatic carbocycles. The summed E-state index contributed by atoms with van der Waals surface area (Å²) in [6.07, 6.45) is 2.94. The van der Waals surface area contributed by atoms with Gasteiger partial charge in [-0.3, -0.25) is 0 Å². The predicted molar refractivity (Wildman–Crippen MR) is 146 cm³/mol. The van der Waals surface area contributed by atoms with Crippen molar-refractivity contribution in [1.82, 2.24) is 19.6 Å². The molecule has 0 radical (unpaired) electrons. The average Bonchev–Trinajstić information content (AvgIpc) is 3.49. The molecule has 1 aliphatic heterocycles. The van der Waals surface area contributed by atoms with Crippen LogP contribution >= 0.6 is 21.0 Å². The Labute approximate surface area is 223 Å². The molecule has 1 aliphatic rings. The summed E-state index contributed by atoms with van der Waals surface area (Å²) in [4.78, 5) is 9.07. The zero-order valence-corrected chi connectivity index (χ0v) is 22.9. The molecule has 10 heteroatoms. The predicted octanol–water partition coefficient (Wildman–Crippen LogP) is 4.73. The molecule has 0 saturated carbocycles. The molecule has 2 aromatic carbocycles. The van der Waals surface area contributed by atoms with Crippen LogP contribution < -0.4 is 4.74 Å². The third-order valence-electron chi connectivity index (χ3n) is 6.19. The van der Waals surface area contributed by atoms with E-state index in [1.807, 2.05) is 49.6 Å². The first-order valence-corrected chi connectivity index (χ1v) is 14.2. The largest absolute Gasteiger partial charge is 0.475 e. The van der Waals surface area contributed by atoms with Crippen LogP contribution in [0.25, 0.3) is 5.65 Å². The number of ether oxygens (including phenoxy) is 4. The number of benzene rings is 2. The van der Waals surface area contributed by atoms with Crippen molar-refractivity contribution < 1.29 is 18.9 Å². The standard InChI is InChI=1S/C27H31N4O4PS/c1-3-33-26-25-28-14-20(31(25)30-27(29-26)37-2)22-24(36)23(34-16-19-12-8-5-9-13-19)21(35-22)17-32-15-18-10-6-4-7-11-18/h4-14,21-24H,3,15-17,36H2,1-2H3/t21-,22+,23-,24+/m1/s1. The van der Waals surface area contributed by atoms with E-state index in [1.54, 1.807) is 10.7 Å². The summed E-state index contributed by atoms with van der Waals surface area (Å²) in [7, 11) is 2.92. The third-order valence-corrected chi connectivity index (χ3v) is 7.46. The van der Waals surface area contributed by atoms with Crippen molar-refractivity contribution in [3.63, 3.8) is 0 Å². The number of aromatic nitrogens is 4. The molecule has 2 aromatic heterocycles. The second kappa shape index (κ2) is 12.3. The molecule has 4 aromatic rings. The van der Waals surface area contributed by atoms with Crippen molar-refractivity contribution in [3.05, 3.63) is 83.7 Å². The van der Waals surface area contributed by atoms with Crippen molar-refractivity contribution >= 4 is 26.6 Å². The van der Waals surface area contributed by atoms with Crippen molar-refractivity contribution in [1.29, 1.82) is 0 Å². The maximum atomic E-state index is 6.60. The van der Waals surface area contributed by atoms with Gasteiger partial charge in [0.05, 0.1) is 44.4 Å². The highest BCUT2D eigenvalue weighted by Gasteiger charge is 2.45. The summed E-state index contributed by atoms with van der Waals surface area (Å²) in [5.41, 5.74) is 3.58. The van der Waals surface area contributed by atoms with Gasteiger partial charge in [0.25, 0.3) is 5.88 Å². The molecule has 0 amide bonds. The van der Waals surface area contributed by atoms with Crippen LogP contribution in [0.3, 0.4) is 0 Å². The second-order valence-electron chi connectivity index (χ2n) is 8.69. The lowest BCUT2D eigenvalue weighted by Crippen LogP contribution is -2.33. The van der Waals surface area contributed by atoms with E-state index in [9.17, 15) is 0 Å². The summed E-state index contributed by atoms with van der Waals surface area (Å²) >= 11 is 1.45. The highest BCUT2D eigenvalue weighted by Crippen LogP contribution is 2.41. The van der Waals surface area contributed by atoms with Crippen LogP contribution in [0.2, 0.25) is 0 Å². The average molecular weight is 539 g/mol. The third kappa shape index (κ3) is 5.97. The Morgan fingerprint density at radius 2 is 1.73 bits per heavy atom. The Bertz CT molecular complexity index is 1290. The van der Waals surface area contributed by atoms with Crippen LogP contribution in [0.1, 0.15) is 29.8 Å². The zero-order valence-electron chi connectivity index (χ0n) is 20.9. The minimum atomic E-state index is -0.315. The van der Waals surface area contributed by atoms with Crippen molar-refractivity contribution in [3.8, 4) is 5.88 Å². The Morgan fingerprint density at radius 3 is 2.41 bits per heavy atom. The minimum absolute atomic E-state index is 0.0443. The Balaban J connectivity index is 1.39. The second-order valence-corrected chi connectivity index (χ2v) is 10.2. The fourth-order valence-corrected chi connectivity index (χ4v) is 5.38. The number of nitrogens with zero attached hydrogens (tertiary/aromatic N) is 4. The Hall–Kier alpha value is -2.55. The number of hydrogen-bond acceptors (Lipinski definition) is 8. The number of fused-ring (bicyclic) bond motifs is 1. The van der Waals surface area contributed by atoms with E-state index in [0.717, 1.165) is 16.8 Å². The summed E-state index contributed by atoms with van der Waals surface area (Å²) < 4.78 is 26.7. The molecule has 0 spiro atoms. The molecule has 8 nitrogen and oxygen atoms in total. The molecule has 5 rings (SSSR count). The number of imidazole rings is 1. The molecular weight excluding hydrogens is 507 g/mol. The smallest absolute Gasteiger partial charge is 0.262 e. The van der Waals surface area contributed by atoms with Crippen molar-refractivity contribution in [2.45, 2.75) is 49.3 Å². The maximum Gasteiger partial charge on any atom is 0.262 e. The topological polar surface area (TPSA) is 80.0 Å². The van der Waals surface area contributed by atoms with E-state index in [-0.39, 0.29) is 24.0 Å². The van der Waals surface area contributed by atoms with Crippen LogP contribution in [0.5, 0.6) is 5.88 Å². The van der Waals surface area contributed by atoms with E-state index >= 15 is 0 Å². The number of hydrogen-bond donors (Lipinski definition) is 0. The SMILES string of the molecule is CCOc1nc(SC)nn2c([C@@H]3O[C@H](COCc4ccccc4)[C@@H](OCc4ccccc4)[C@H]3P)cnc12. The summed E-state index contributed by atoms with van der Waals surface area (Å²) in [6, 6.07) is 20.3. The van der Waals surface area contributed by atoms with Gasteiger partial charge in [-0.15, -0.1) is 14.3 Å². The lowest BCUT2D eigenvalue weighted by Gasteiger charge is -2.22. The number of rotatable bonds is 11. The highest BCUT2D eigenvalue weighted by atomic mass is 32.2. The van der Waals surface area contributed by atoms with Gasteiger partial charge in [-0.2, -0.15) is 4.98 Å². The monoisotopic (exact) mass is 538 g/mol. The molecule has 1 saturated heterocycles. The van der Waals surface area contributed by atoms with E-state index in [4.69, 9.17) is 18.9 Å². The molecule has 1 fully saturated rings. The van der Waals surface area contributed by atoms with Gasteiger partial charge in [0.2, 0.25) is 10.8 Å². The lowest BCUT2D eigenvalue weighted by atomic mass is 10.1. The Kier molecular flexibility index (Phi) is 8.69. The minimum Gasteiger partial charge on any atom is -0.475 e. The molecule has 0 N–H and O–H groups in total. The first-order valence-electron chi connectivity index (χ1n) is 12.3. The zero-order chi connectivity index (χ0) is 25.6. The molecule has 1 unspecified atom stereocenters. The van der Waals surface area contributed by atoms with Gasteiger partial charge in [0.1, 0.15) is 12.2 Å². The van der Waals surface area contributed by atoms with Crippen LogP contribution in [-0.4, -0.2) is 56.9 Å². The van der Waals surface area contributed by atoms with Gasteiger partial charge in [-0.25, -0.2) is 9.50 Å². The normalized spacial score (nSPS) is 21.5. The lowest BCUT2D eigenvalue weighted by molar-refractivity contribution is -0.0721. The summed E-state index contributed by atoms with van der Waals surface area (Å²) in [5.74, 6) is 0.464. The first kappa shape index (κ1) is 26.1. The highest BCUT2D eigenvalue weighted by molar-refractivity contribution is 7.98. The molecule has 37 heavy (non-hydrogen) atoms. The van der Waals surface area contributed by atoms with Crippen LogP contribution in [-0.2, 0) is 27.4 Å². The van der Waals surface area contributed by atoms with E-state index < -0.39 is 0 Å². The van der Waals surface area contributed by atoms with Gasteiger partial charge in [-0.05, 0) is 24.3 Å². The van der Waals surface area contributed by atoms with Gasteiger partial charge in [0.15, 0.2) is 0 Å². The molecule has 3 heterocycles. The molecule has 194 valence electrons. The van der Waals surface area contributed by atoms with Gasteiger partial charge >= 0.3 is 0 Å². The van der Waals surface area contributed by atoms with E-state index in [2.05, 4.69) is 48.6 Å². The Morgan fingerprint density at radius 1 is 1.03 bits per heavy atom. The maximum absolute atomic E-state index is 6.60. The molecule has 0 bridgehead atoms. The summed E-state index contributed by atoms with van der Waals surface area (Å²) in [6.45, 7) is 3.82. The number of thioether (sulfide) groups is 1.